The quantitative estimate of drug-likeness (QED) is 0.238. The lowest BCUT2D eigenvalue weighted by Gasteiger charge is -2.15. The lowest BCUT2D eigenvalue weighted by Crippen LogP contribution is -2.01. The first-order valence-corrected chi connectivity index (χ1v) is 9.63. The second-order valence-corrected chi connectivity index (χ2v) is 7.01. The van der Waals surface area contributed by atoms with Crippen LogP contribution in [0.5, 0.6) is 5.75 Å². The summed E-state index contributed by atoms with van der Waals surface area (Å²) < 4.78 is 0. The SMILES string of the molecule is CCCCCCCCCCCCc1cccc(OO)c1C(C)C. The molecular formula is C21H36O2. The van der Waals surface area contributed by atoms with Crippen molar-refractivity contribution >= 4 is 0 Å². The van der Waals surface area contributed by atoms with Crippen LogP contribution in [0.1, 0.15) is 102 Å². The molecule has 0 saturated carbocycles. The Balaban J connectivity index is 2.21. The minimum absolute atomic E-state index is 0.372. The summed E-state index contributed by atoms with van der Waals surface area (Å²) in [7, 11) is 0. The predicted molar refractivity (Wildman–Crippen MR) is 99.3 cm³/mol. The van der Waals surface area contributed by atoms with Crippen LogP contribution in [0.2, 0.25) is 0 Å². The fourth-order valence-corrected chi connectivity index (χ4v) is 3.35. The third kappa shape index (κ3) is 7.87. The zero-order chi connectivity index (χ0) is 16.9. The van der Waals surface area contributed by atoms with Crippen LogP contribution in [0.15, 0.2) is 18.2 Å². The third-order valence-corrected chi connectivity index (χ3v) is 4.63. The Morgan fingerprint density at radius 3 is 1.96 bits per heavy atom. The highest BCUT2D eigenvalue weighted by Crippen LogP contribution is 2.30. The van der Waals surface area contributed by atoms with Crippen molar-refractivity contribution in [2.24, 2.45) is 0 Å². The lowest BCUT2D eigenvalue weighted by molar-refractivity contribution is -0.138. The van der Waals surface area contributed by atoms with Gasteiger partial charge < -0.3 is 4.89 Å². The molecule has 2 heteroatoms. The molecule has 0 unspecified atom stereocenters. The molecule has 0 aliphatic heterocycles. The van der Waals surface area contributed by atoms with Crippen molar-refractivity contribution in [3.8, 4) is 5.75 Å². The van der Waals surface area contributed by atoms with Crippen LogP contribution in [0.4, 0.5) is 0 Å². The number of rotatable bonds is 13. The van der Waals surface area contributed by atoms with Gasteiger partial charge >= 0.3 is 0 Å². The van der Waals surface area contributed by atoms with Gasteiger partial charge in [-0.25, -0.2) is 5.26 Å². The van der Waals surface area contributed by atoms with E-state index in [1.54, 1.807) is 0 Å². The van der Waals surface area contributed by atoms with Crippen molar-refractivity contribution in [1.82, 2.24) is 0 Å². The van der Waals surface area contributed by atoms with E-state index in [1.807, 2.05) is 12.1 Å². The fourth-order valence-electron chi connectivity index (χ4n) is 3.35. The number of hydrogen-bond donors (Lipinski definition) is 1. The van der Waals surface area contributed by atoms with Crippen molar-refractivity contribution in [3.05, 3.63) is 29.3 Å². The van der Waals surface area contributed by atoms with E-state index in [2.05, 4.69) is 31.7 Å². The molecular weight excluding hydrogens is 284 g/mol. The van der Waals surface area contributed by atoms with E-state index in [0.29, 0.717) is 11.7 Å². The van der Waals surface area contributed by atoms with Crippen LogP contribution in [-0.4, -0.2) is 5.26 Å². The smallest absolute Gasteiger partial charge is 0.168 e. The minimum Gasteiger partial charge on any atom is -0.340 e. The largest absolute Gasteiger partial charge is 0.340 e. The van der Waals surface area contributed by atoms with E-state index in [-0.39, 0.29) is 0 Å². The van der Waals surface area contributed by atoms with Gasteiger partial charge in [-0.05, 0) is 30.4 Å². The predicted octanol–water partition coefficient (Wildman–Crippen LogP) is 7.13. The molecule has 0 heterocycles. The highest BCUT2D eigenvalue weighted by atomic mass is 17.1. The summed E-state index contributed by atoms with van der Waals surface area (Å²) >= 11 is 0. The van der Waals surface area contributed by atoms with Gasteiger partial charge in [0.25, 0.3) is 0 Å². The molecule has 0 saturated heterocycles. The van der Waals surface area contributed by atoms with Gasteiger partial charge in [0.05, 0.1) is 0 Å². The molecule has 132 valence electrons. The average molecular weight is 321 g/mol. The molecule has 0 radical (unpaired) electrons. The molecule has 0 spiro atoms. The van der Waals surface area contributed by atoms with Crippen LogP contribution in [-0.2, 0) is 6.42 Å². The molecule has 23 heavy (non-hydrogen) atoms. The van der Waals surface area contributed by atoms with Crippen LogP contribution in [0.3, 0.4) is 0 Å². The first kappa shape index (κ1) is 20.0. The van der Waals surface area contributed by atoms with Gasteiger partial charge in [-0.15, -0.1) is 0 Å². The first-order valence-electron chi connectivity index (χ1n) is 9.63. The van der Waals surface area contributed by atoms with Crippen LogP contribution >= 0.6 is 0 Å². The van der Waals surface area contributed by atoms with Crippen molar-refractivity contribution in [3.63, 3.8) is 0 Å². The normalized spacial score (nSPS) is 11.2. The Morgan fingerprint density at radius 1 is 0.870 bits per heavy atom. The Kier molecular flexibility index (Phi) is 10.8. The standard InChI is InChI=1S/C21H36O2/c1-4-5-6-7-8-9-10-11-12-13-15-19-16-14-17-20(23-22)21(19)18(2)3/h14,16-18,22H,4-13,15H2,1-3H3. The molecule has 0 atom stereocenters. The summed E-state index contributed by atoms with van der Waals surface area (Å²) in [6, 6.07) is 5.99. The van der Waals surface area contributed by atoms with Crippen LogP contribution < -0.4 is 4.89 Å². The average Bonchev–Trinajstić information content (AvgIpc) is 2.56. The summed E-state index contributed by atoms with van der Waals surface area (Å²) in [5, 5.41) is 9.04. The second kappa shape index (κ2) is 12.4. The van der Waals surface area contributed by atoms with Crippen molar-refractivity contribution < 1.29 is 10.1 Å². The number of benzene rings is 1. The van der Waals surface area contributed by atoms with Gasteiger partial charge in [-0.3, -0.25) is 0 Å². The van der Waals surface area contributed by atoms with Crippen molar-refractivity contribution in [2.45, 2.75) is 97.3 Å². The fraction of sp³-hybridized carbons (Fsp3) is 0.714. The molecule has 0 bridgehead atoms. The number of unbranched alkanes of at least 4 members (excludes halogenated alkanes) is 9. The highest BCUT2D eigenvalue weighted by Gasteiger charge is 2.13. The molecule has 0 aliphatic rings. The summed E-state index contributed by atoms with van der Waals surface area (Å²) in [5.41, 5.74) is 2.48. The monoisotopic (exact) mass is 320 g/mol. The Labute approximate surface area is 143 Å². The maximum absolute atomic E-state index is 9.04. The first-order chi connectivity index (χ1) is 11.2. The summed E-state index contributed by atoms with van der Waals surface area (Å²) in [6.45, 7) is 6.58. The Hall–Kier alpha value is -1.02. The van der Waals surface area contributed by atoms with Gasteiger partial charge in [-0.2, -0.15) is 0 Å². The van der Waals surface area contributed by atoms with Gasteiger partial charge in [0.15, 0.2) is 5.75 Å². The molecule has 0 aromatic heterocycles. The number of aryl methyl sites for hydroxylation is 1. The van der Waals surface area contributed by atoms with Crippen molar-refractivity contribution in [1.29, 1.82) is 0 Å². The Morgan fingerprint density at radius 2 is 1.43 bits per heavy atom. The molecule has 0 amide bonds. The van der Waals surface area contributed by atoms with E-state index in [0.717, 1.165) is 12.0 Å². The van der Waals surface area contributed by atoms with E-state index >= 15 is 0 Å². The minimum atomic E-state index is 0.372. The molecule has 0 aliphatic carbocycles. The van der Waals surface area contributed by atoms with Crippen LogP contribution in [0.25, 0.3) is 0 Å². The van der Waals surface area contributed by atoms with E-state index < -0.39 is 0 Å². The maximum atomic E-state index is 9.04. The number of hydrogen-bond acceptors (Lipinski definition) is 2. The second-order valence-electron chi connectivity index (χ2n) is 7.01. The molecule has 1 rings (SSSR count). The topological polar surface area (TPSA) is 29.5 Å². The maximum Gasteiger partial charge on any atom is 0.168 e. The lowest BCUT2D eigenvalue weighted by atomic mass is 9.92. The third-order valence-electron chi connectivity index (χ3n) is 4.63. The van der Waals surface area contributed by atoms with Crippen molar-refractivity contribution in [2.75, 3.05) is 0 Å². The van der Waals surface area contributed by atoms with E-state index in [1.165, 1.54) is 69.8 Å². The van der Waals surface area contributed by atoms with E-state index in [4.69, 9.17) is 5.26 Å². The van der Waals surface area contributed by atoms with Gasteiger partial charge in [-0.1, -0.05) is 90.7 Å². The molecule has 2 nitrogen and oxygen atoms in total. The molecule has 1 N–H and O–H groups in total. The summed E-state index contributed by atoms with van der Waals surface area (Å²) in [4.78, 5) is 4.55. The molecule has 1 aromatic rings. The zero-order valence-corrected chi connectivity index (χ0v) is 15.4. The summed E-state index contributed by atoms with van der Waals surface area (Å²) in [6.07, 6.45) is 14.7. The Bertz CT molecular complexity index is 412. The van der Waals surface area contributed by atoms with Gasteiger partial charge in [0.1, 0.15) is 0 Å². The van der Waals surface area contributed by atoms with E-state index in [9.17, 15) is 0 Å². The molecule has 0 fully saturated rings. The van der Waals surface area contributed by atoms with Gasteiger partial charge in [0.2, 0.25) is 0 Å². The zero-order valence-electron chi connectivity index (χ0n) is 15.4. The summed E-state index contributed by atoms with van der Waals surface area (Å²) in [5.74, 6) is 0.987. The van der Waals surface area contributed by atoms with Gasteiger partial charge in [0, 0.05) is 5.56 Å². The van der Waals surface area contributed by atoms with Crippen LogP contribution in [0, 0.1) is 0 Å². The highest BCUT2D eigenvalue weighted by molar-refractivity contribution is 5.42. The molecule has 1 aromatic carbocycles.